The number of hydrogen-bond donors (Lipinski definition) is 3. The first-order chi connectivity index (χ1) is 13.0. The molecule has 27 heavy (non-hydrogen) atoms. The van der Waals surface area contributed by atoms with Crippen molar-refractivity contribution in [1.82, 2.24) is 9.97 Å². The zero-order chi connectivity index (χ0) is 19.4. The molecule has 0 bridgehead atoms. The maximum Gasteiger partial charge on any atom is 0.184 e. The largest absolute Gasteiger partial charge is 0.403 e. The van der Waals surface area contributed by atoms with E-state index in [1.54, 1.807) is 6.08 Å². The van der Waals surface area contributed by atoms with E-state index in [9.17, 15) is 0 Å². The van der Waals surface area contributed by atoms with E-state index in [0.29, 0.717) is 28.2 Å². The Labute approximate surface area is 176 Å². The molecule has 0 unspecified atom stereocenters. The molecule has 0 radical (unpaired) electrons. The van der Waals surface area contributed by atoms with Gasteiger partial charge in [0.25, 0.3) is 0 Å². The fraction of sp³-hybridized carbons (Fsp3) is 0.105. The number of nitrogens with one attached hydrogen (secondary N) is 2. The Morgan fingerprint density at radius 3 is 2.74 bits per heavy atom. The van der Waals surface area contributed by atoms with E-state index in [1.165, 1.54) is 17.5 Å². The summed E-state index contributed by atoms with van der Waals surface area (Å²) in [5.74, 6) is 0. The standard InChI is InChI=1S/C19H17Cl3N4S/c1-11-16(7-15(21)8-23)13(10-24-11)6-17-18(22)26-19(27-17)25-9-12-2-4-14(20)5-3-12/h2-5,7-8,10,24H,1,6,9,23H2,(H,25,26)/b15-8+,16-7+. The quantitative estimate of drug-likeness (QED) is 0.539. The predicted molar refractivity (Wildman–Crippen MR) is 117 cm³/mol. The summed E-state index contributed by atoms with van der Waals surface area (Å²) >= 11 is 19.8. The summed E-state index contributed by atoms with van der Waals surface area (Å²) < 4.78 is 0. The van der Waals surface area contributed by atoms with Crippen LogP contribution < -0.4 is 21.6 Å². The van der Waals surface area contributed by atoms with E-state index in [1.807, 2.05) is 30.5 Å². The Hall–Kier alpha value is -1.92. The van der Waals surface area contributed by atoms with Crippen molar-refractivity contribution in [2.24, 2.45) is 5.73 Å². The molecule has 0 atom stereocenters. The van der Waals surface area contributed by atoms with Crippen molar-refractivity contribution in [2.75, 3.05) is 5.32 Å². The molecule has 1 aromatic carbocycles. The van der Waals surface area contributed by atoms with Crippen LogP contribution in [-0.4, -0.2) is 9.97 Å². The summed E-state index contributed by atoms with van der Waals surface area (Å²) in [5.41, 5.74) is 7.59. The van der Waals surface area contributed by atoms with Gasteiger partial charge in [-0.15, -0.1) is 11.3 Å². The van der Waals surface area contributed by atoms with Crippen LogP contribution in [0.5, 0.6) is 0 Å². The summed E-state index contributed by atoms with van der Waals surface area (Å²) in [6, 6.07) is 7.66. The summed E-state index contributed by atoms with van der Waals surface area (Å²) in [6.07, 6.45) is 5.64. The highest BCUT2D eigenvalue weighted by Crippen LogP contribution is 2.29. The number of nitrogens with zero attached hydrogens (tertiary/aromatic N) is 1. The third kappa shape index (κ3) is 5.08. The minimum absolute atomic E-state index is 0.446. The molecule has 0 aliphatic carbocycles. The second-order valence-corrected chi connectivity index (χ2v) is 8.11. The van der Waals surface area contributed by atoms with Crippen LogP contribution in [0.1, 0.15) is 16.0 Å². The SMILES string of the molecule is C=c1[nH]cc(Cc2sc(NCc3ccc(Cl)cc3)nc2Cl)/c1=C/C(Cl)=C\N. The Bertz CT molecular complexity index is 1070. The molecule has 8 heteroatoms. The van der Waals surface area contributed by atoms with Crippen molar-refractivity contribution in [3.05, 3.63) is 78.4 Å². The van der Waals surface area contributed by atoms with Gasteiger partial charge in [-0.2, -0.15) is 0 Å². The van der Waals surface area contributed by atoms with E-state index in [0.717, 1.165) is 31.7 Å². The third-order valence-corrected chi connectivity index (χ3v) is 5.82. The predicted octanol–water partition coefficient (Wildman–Crippen LogP) is 4.21. The second kappa shape index (κ2) is 8.85. The lowest BCUT2D eigenvalue weighted by Gasteiger charge is -2.02. The van der Waals surface area contributed by atoms with Crippen LogP contribution in [-0.2, 0) is 13.0 Å². The van der Waals surface area contributed by atoms with Crippen molar-refractivity contribution in [2.45, 2.75) is 13.0 Å². The molecule has 0 saturated carbocycles. The van der Waals surface area contributed by atoms with Gasteiger partial charge in [0.15, 0.2) is 5.13 Å². The first-order valence-electron chi connectivity index (χ1n) is 8.04. The van der Waals surface area contributed by atoms with Gasteiger partial charge in [0.05, 0.1) is 9.91 Å². The zero-order valence-corrected chi connectivity index (χ0v) is 17.3. The van der Waals surface area contributed by atoms with Crippen LogP contribution in [0.25, 0.3) is 12.7 Å². The number of anilines is 1. The van der Waals surface area contributed by atoms with Crippen LogP contribution in [0.15, 0.2) is 41.7 Å². The Morgan fingerprint density at radius 2 is 2.04 bits per heavy atom. The zero-order valence-electron chi connectivity index (χ0n) is 14.2. The molecule has 4 nitrogen and oxygen atoms in total. The van der Waals surface area contributed by atoms with Crippen molar-refractivity contribution >= 4 is 63.9 Å². The summed E-state index contributed by atoms with van der Waals surface area (Å²) in [6.45, 7) is 4.63. The number of H-pyrrole nitrogens is 1. The molecule has 3 rings (SSSR count). The highest BCUT2D eigenvalue weighted by atomic mass is 35.5. The molecule has 0 fully saturated rings. The number of allylic oxidation sites excluding steroid dienone is 1. The lowest BCUT2D eigenvalue weighted by molar-refractivity contribution is 1.13. The number of aromatic amines is 1. The molecule has 0 aliphatic heterocycles. The molecule has 4 N–H and O–H groups in total. The first-order valence-corrected chi connectivity index (χ1v) is 9.99. The minimum Gasteiger partial charge on any atom is -0.403 e. The number of aromatic nitrogens is 2. The molecule has 2 aromatic heterocycles. The topological polar surface area (TPSA) is 66.7 Å². The van der Waals surface area contributed by atoms with Gasteiger partial charge in [-0.3, -0.25) is 0 Å². The van der Waals surface area contributed by atoms with Gasteiger partial charge in [-0.1, -0.05) is 53.5 Å². The number of rotatable bonds is 6. The number of halogens is 3. The van der Waals surface area contributed by atoms with E-state index in [2.05, 4.69) is 21.9 Å². The van der Waals surface area contributed by atoms with E-state index < -0.39 is 0 Å². The van der Waals surface area contributed by atoms with Gasteiger partial charge < -0.3 is 16.0 Å². The molecule has 3 aromatic rings. The maximum absolute atomic E-state index is 6.34. The Balaban J connectivity index is 1.77. The average Bonchev–Trinajstić information content (AvgIpc) is 3.18. The van der Waals surface area contributed by atoms with Gasteiger partial charge in [0.2, 0.25) is 0 Å². The number of nitrogens with two attached hydrogens (primary N) is 1. The molecule has 0 spiro atoms. The highest BCUT2D eigenvalue weighted by Gasteiger charge is 2.12. The first kappa shape index (κ1) is 19.8. The fourth-order valence-corrected chi connectivity index (χ4v) is 3.93. The molecule has 140 valence electrons. The lowest BCUT2D eigenvalue weighted by atomic mass is 10.1. The van der Waals surface area contributed by atoms with E-state index >= 15 is 0 Å². The third-order valence-electron chi connectivity index (χ3n) is 3.89. The van der Waals surface area contributed by atoms with E-state index in [-0.39, 0.29) is 0 Å². The lowest BCUT2D eigenvalue weighted by Crippen LogP contribution is -2.23. The van der Waals surface area contributed by atoms with Crippen molar-refractivity contribution in [1.29, 1.82) is 0 Å². The molecule has 0 saturated heterocycles. The molecular formula is C19H17Cl3N4S. The van der Waals surface area contributed by atoms with Gasteiger partial charge >= 0.3 is 0 Å². The average molecular weight is 440 g/mol. The molecular weight excluding hydrogens is 423 g/mol. The van der Waals surface area contributed by atoms with Crippen LogP contribution in [0.4, 0.5) is 5.13 Å². The second-order valence-electron chi connectivity index (χ2n) is 5.79. The normalized spacial score (nSPS) is 12.6. The number of hydrogen-bond acceptors (Lipinski definition) is 4. The van der Waals surface area contributed by atoms with Gasteiger partial charge in [0, 0.05) is 41.0 Å². The minimum atomic E-state index is 0.446. The van der Waals surface area contributed by atoms with Crippen LogP contribution >= 0.6 is 46.1 Å². The van der Waals surface area contributed by atoms with Gasteiger partial charge in [0.1, 0.15) is 5.15 Å². The van der Waals surface area contributed by atoms with Crippen molar-refractivity contribution in [3.63, 3.8) is 0 Å². The van der Waals surface area contributed by atoms with Crippen LogP contribution in [0.2, 0.25) is 10.2 Å². The summed E-state index contributed by atoms with van der Waals surface area (Å²) in [7, 11) is 0. The Morgan fingerprint density at radius 1 is 1.30 bits per heavy atom. The van der Waals surface area contributed by atoms with Gasteiger partial charge in [-0.05, 0) is 29.3 Å². The Kier molecular flexibility index (Phi) is 6.50. The molecule has 0 aliphatic rings. The van der Waals surface area contributed by atoms with Crippen LogP contribution in [0.3, 0.4) is 0 Å². The number of thiazole rings is 1. The van der Waals surface area contributed by atoms with Gasteiger partial charge in [-0.25, -0.2) is 4.98 Å². The van der Waals surface area contributed by atoms with Crippen molar-refractivity contribution in [3.8, 4) is 0 Å². The summed E-state index contributed by atoms with van der Waals surface area (Å²) in [5, 5.41) is 7.38. The van der Waals surface area contributed by atoms with Crippen molar-refractivity contribution < 1.29 is 0 Å². The smallest absolute Gasteiger partial charge is 0.184 e. The van der Waals surface area contributed by atoms with E-state index in [4.69, 9.17) is 40.5 Å². The van der Waals surface area contributed by atoms with Crippen LogP contribution in [0, 0.1) is 0 Å². The maximum atomic E-state index is 6.34. The number of benzene rings is 1. The highest BCUT2D eigenvalue weighted by molar-refractivity contribution is 7.16. The monoisotopic (exact) mass is 438 g/mol. The summed E-state index contributed by atoms with van der Waals surface area (Å²) in [4.78, 5) is 8.47. The molecule has 2 heterocycles. The molecule has 0 amide bonds. The fourth-order valence-electron chi connectivity index (χ4n) is 2.51.